The van der Waals surface area contributed by atoms with Crippen molar-refractivity contribution in [3.8, 4) is 0 Å². The first kappa shape index (κ1) is 27.6. The first-order chi connectivity index (χ1) is 11.1. The maximum absolute atomic E-state index is 10.4. The summed E-state index contributed by atoms with van der Waals surface area (Å²) < 4.78 is 0. The van der Waals surface area contributed by atoms with Crippen LogP contribution in [-0.4, -0.2) is 62.0 Å². The molecule has 0 aromatic carbocycles. The molecule has 12 heteroatoms. The largest absolute Gasteiger partial charge is 0.481 e. The van der Waals surface area contributed by atoms with Crippen LogP contribution in [0.5, 0.6) is 0 Å². The van der Waals surface area contributed by atoms with Crippen LogP contribution in [0.25, 0.3) is 0 Å². The predicted octanol–water partition coefficient (Wildman–Crippen LogP) is -1.83. The van der Waals surface area contributed by atoms with Gasteiger partial charge in [-0.05, 0) is 33.1 Å². The van der Waals surface area contributed by atoms with Gasteiger partial charge in [0.05, 0.1) is 0 Å². The van der Waals surface area contributed by atoms with Crippen LogP contribution in [0.15, 0.2) is 0 Å². The van der Waals surface area contributed by atoms with Crippen LogP contribution in [0.4, 0.5) is 0 Å². The van der Waals surface area contributed by atoms with Crippen molar-refractivity contribution >= 4 is 23.9 Å². The zero-order valence-electron chi connectivity index (χ0n) is 14.2. The molecule has 0 aromatic heterocycles. The average Bonchev–Trinajstić information content (AvgIpc) is 2.44. The highest BCUT2D eigenvalue weighted by atomic mass is 16.4. The van der Waals surface area contributed by atoms with E-state index < -0.39 is 41.6 Å². The SMILES string of the molecule is C[C@@H](N)C(=O)O.C[C@@H](N)C(=O)O.NC(N)(CCCCC(=O)O)C(=O)O. The Morgan fingerprint density at radius 2 is 1.16 bits per heavy atom. The molecule has 0 aliphatic heterocycles. The fourth-order valence-corrected chi connectivity index (χ4v) is 0.801. The molecule has 25 heavy (non-hydrogen) atoms. The fraction of sp³-hybridized carbons (Fsp3) is 0.692. The third-order valence-corrected chi connectivity index (χ3v) is 2.41. The van der Waals surface area contributed by atoms with Crippen molar-refractivity contribution < 1.29 is 39.6 Å². The maximum Gasteiger partial charge on any atom is 0.338 e. The Hall–Kier alpha value is -2.28. The Kier molecular flexibility index (Phi) is 15.5. The molecule has 0 amide bonds. The number of hydrogen-bond acceptors (Lipinski definition) is 8. The third kappa shape index (κ3) is 21.7. The summed E-state index contributed by atoms with van der Waals surface area (Å²) in [5.74, 6) is -4.11. The van der Waals surface area contributed by atoms with Crippen molar-refractivity contribution in [3.63, 3.8) is 0 Å². The summed E-state index contributed by atoms with van der Waals surface area (Å²) in [6.45, 7) is 2.84. The molecule has 0 bridgehead atoms. The molecule has 0 radical (unpaired) electrons. The van der Waals surface area contributed by atoms with Gasteiger partial charge in [-0.2, -0.15) is 0 Å². The van der Waals surface area contributed by atoms with Gasteiger partial charge in [0.2, 0.25) is 0 Å². The zero-order valence-corrected chi connectivity index (χ0v) is 14.2. The molecule has 0 saturated carbocycles. The minimum absolute atomic E-state index is 0.00962. The number of carboxylic acid groups (broad SMARTS) is 4. The summed E-state index contributed by atoms with van der Waals surface area (Å²) in [4.78, 5) is 39.6. The van der Waals surface area contributed by atoms with E-state index in [9.17, 15) is 19.2 Å². The van der Waals surface area contributed by atoms with Crippen molar-refractivity contribution in [1.29, 1.82) is 0 Å². The first-order valence-electron chi connectivity index (χ1n) is 7.14. The number of rotatable bonds is 8. The van der Waals surface area contributed by atoms with Gasteiger partial charge in [0.1, 0.15) is 12.1 Å². The Morgan fingerprint density at radius 1 is 0.840 bits per heavy atom. The topological polar surface area (TPSA) is 253 Å². The molecule has 0 rings (SSSR count). The van der Waals surface area contributed by atoms with E-state index in [1.165, 1.54) is 13.8 Å². The summed E-state index contributed by atoms with van der Waals surface area (Å²) in [6, 6.07) is -1.46. The lowest BCUT2D eigenvalue weighted by Crippen LogP contribution is -2.56. The van der Waals surface area contributed by atoms with Crippen molar-refractivity contribution in [3.05, 3.63) is 0 Å². The molecule has 0 aromatic rings. The molecule has 0 aliphatic carbocycles. The van der Waals surface area contributed by atoms with E-state index >= 15 is 0 Å². The van der Waals surface area contributed by atoms with Crippen molar-refractivity contribution in [1.82, 2.24) is 0 Å². The lowest BCUT2D eigenvalue weighted by molar-refractivity contribution is -0.143. The van der Waals surface area contributed by atoms with E-state index in [2.05, 4.69) is 0 Å². The monoisotopic (exact) mass is 368 g/mol. The number of carboxylic acids is 4. The van der Waals surface area contributed by atoms with Gasteiger partial charge in [-0.1, -0.05) is 0 Å². The van der Waals surface area contributed by atoms with Gasteiger partial charge in [-0.3, -0.25) is 14.4 Å². The van der Waals surface area contributed by atoms with Gasteiger partial charge >= 0.3 is 23.9 Å². The number of carbonyl (C=O) groups is 4. The summed E-state index contributed by atoms with van der Waals surface area (Å²) in [6.07, 6.45) is 0.871. The van der Waals surface area contributed by atoms with E-state index in [0.717, 1.165) is 0 Å². The molecule has 0 fully saturated rings. The first-order valence-corrected chi connectivity index (χ1v) is 7.14. The molecule has 148 valence electrons. The molecular weight excluding hydrogens is 340 g/mol. The van der Waals surface area contributed by atoms with Gasteiger partial charge in [0, 0.05) is 6.42 Å². The van der Waals surface area contributed by atoms with Gasteiger partial charge in [0.25, 0.3) is 0 Å². The Morgan fingerprint density at radius 3 is 1.36 bits per heavy atom. The van der Waals surface area contributed by atoms with E-state index in [4.69, 9.17) is 43.4 Å². The average molecular weight is 368 g/mol. The molecule has 12 nitrogen and oxygen atoms in total. The minimum atomic E-state index is -1.74. The molecule has 12 N–H and O–H groups in total. The predicted molar refractivity (Wildman–Crippen MR) is 87.4 cm³/mol. The van der Waals surface area contributed by atoms with Crippen LogP contribution >= 0.6 is 0 Å². The molecule has 0 heterocycles. The van der Waals surface area contributed by atoms with Gasteiger partial charge in [0.15, 0.2) is 5.66 Å². The number of aliphatic carboxylic acids is 4. The molecule has 0 unspecified atom stereocenters. The quantitative estimate of drug-likeness (QED) is 0.174. The molecule has 0 aliphatic rings. The second-order valence-electron chi connectivity index (χ2n) is 5.20. The zero-order chi connectivity index (χ0) is 20.8. The second kappa shape index (κ2) is 14.1. The maximum atomic E-state index is 10.4. The summed E-state index contributed by atoms with van der Waals surface area (Å²) in [7, 11) is 0. The second-order valence-corrected chi connectivity index (χ2v) is 5.20. The standard InChI is InChI=1S/C7H14N2O4.2C3H7NO2/c8-7(9,6(12)13)4-2-1-3-5(10)11;2*1-2(4)3(5)6/h1-4,8-9H2,(H,10,11)(H,12,13);2*2H,4H2,1H3,(H,5,6)/t;2*2-/m.11/s1. The normalized spacial score (nSPS) is 12.4. The highest BCUT2D eigenvalue weighted by molar-refractivity contribution is 5.77. The summed E-state index contributed by atoms with van der Waals surface area (Å²) in [5, 5.41) is 32.5. The van der Waals surface area contributed by atoms with Crippen LogP contribution in [0.1, 0.15) is 39.5 Å². The highest BCUT2D eigenvalue weighted by Gasteiger charge is 2.27. The summed E-state index contributed by atoms with van der Waals surface area (Å²) >= 11 is 0. The minimum Gasteiger partial charge on any atom is -0.481 e. The molecule has 0 spiro atoms. The van der Waals surface area contributed by atoms with Crippen LogP contribution in [0, 0.1) is 0 Å². The van der Waals surface area contributed by atoms with E-state index in [1.54, 1.807) is 0 Å². The van der Waals surface area contributed by atoms with Crippen molar-refractivity contribution in [2.45, 2.75) is 57.3 Å². The van der Waals surface area contributed by atoms with Gasteiger partial charge < -0.3 is 43.4 Å². The lowest BCUT2D eigenvalue weighted by atomic mass is 10.0. The lowest BCUT2D eigenvalue weighted by Gasteiger charge is -2.18. The Bertz CT molecular complexity index is 420. The fourth-order valence-electron chi connectivity index (χ4n) is 0.801. The van der Waals surface area contributed by atoms with E-state index in [1.807, 2.05) is 0 Å². The van der Waals surface area contributed by atoms with Gasteiger partial charge in [-0.25, -0.2) is 4.79 Å². The summed E-state index contributed by atoms with van der Waals surface area (Å²) in [5.41, 5.74) is 18.3. The van der Waals surface area contributed by atoms with Crippen LogP contribution in [0.2, 0.25) is 0 Å². The van der Waals surface area contributed by atoms with Crippen molar-refractivity contribution in [2.24, 2.45) is 22.9 Å². The Balaban J connectivity index is -0.000000336. The number of hydrogen-bond donors (Lipinski definition) is 8. The third-order valence-electron chi connectivity index (χ3n) is 2.41. The van der Waals surface area contributed by atoms with Crippen LogP contribution < -0.4 is 22.9 Å². The van der Waals surface area contributed by atoms with E-state index in [0.29, 0.717) is 12.8 Å². The highest BCUT2D eigenvalue weighted by Crippen LogP contribution is 2.07. The molecular formula is C13H28N4O8. The van der Waals surface area contributed by atoms with Crippen LogP contribution in [-0.2, 0) is 19.2 Å². The number of unbranched alkanes of at least 4 members (excludes halogenated alkanes) is 1. The van der Waals surface area contributed by atoms with Gasteiger partial charge in [-0.15, -0.1) is 0 Å². The van der Waals surface area contributed by atoms with E-state index in [-0.39, 0.29) is 12.8 Å². The van der Waals surface area contributed by atoms with Crippen molar-refractivity contribution in [2.75, 3.05) is 0 Å². The molecule has 0 saturated heterocycles. The van der Waals surface area contributed by atoms with Crippen LogP contribution in [0.3, 0.4) is 0 Å². The molecule has 2 atom stereocenters. The number of nitrogens with two attached hydrogens (primary N) is 4. The Labute approximate surface area is 144 Å². The smallest absolute Gasteiger partial charge is 0.338 e.